The van der Waals surface area contributed by atoms with Gasteiger partial charge in [0.1, 0.15) is 0 Å². The van der Waals surface area contributed by atoms with Crippen LogP contribution in [0.5, 0.6) is 0 Å². The molecule has 0 spiro atoms. The lowest BCUT2D eigenvalue weighted by Crippen LogP contribution is -2.34. The molecule has 0 saturated carbocycles. The summed E-state index contributed by atoms with van der Waals surface area (Å²) in [6.07, 6.45) is 13.3. The molecule has 23 heavy (non-hydrogen) atoms. The van der Waals surface area contributed by atoms with Gasteiger partial charge in [-0.15, -0.1) is 0 Å². The van der Waals surface area contributed by atoms with Gasteiger partial charge in [-0.1, -0.05) is 58.1 Å². The summed E-state index contributed by atoms with van der Waals surface area (Å²) in [6.45, 7) is 5.24. The molecular weight excluding hydrogens is 306 g/mol. The van der Waals surface area contributed by atoms with Gasteiger partial charge in [-0.25, -0.2) is 0 Å². The lowest BCUT2D eigenvalue weighted by molar-refractivity contribution is -0.128. The Morgan fingerprint density at radius 3 is 2.70 bits per heavy atom. The van der Waals surface area contributed by atoms with Crippen LogP contribution >= 0.6 is 11.8 Å². The van der Waals surface area contributed by atoms with Crippen LogP contribution in [0.2, 0.25) is 0 Å². The molecular formula is C19H35NO2S. The van der Waals surface area contributed by atoms with Gasteiger partial charge in [-0.2, -0.15) is 11.8 Å². The number of aliphatic hydroxyl groups is 1. The fraction of sp³-hybridized carbons (Fsp3) is 0.842. The summed E-state index contributed by atoms with van der Waals surface area (Å²) in [5.41, 5.74) is 0. The number of amides is 1. The fourth-order valence-corrected chi connectivity index (χ4v) is 3.86. The molecule has 3 nitrogen and oxygen atoms in total. The van der Waals surface area contributed by atoms with Crippen LogP contribution in [0.15, 0.2) is 12.2 Å². The van der Waals surface area contributed by atoms with E-state index in [-0.39, 0.29) is 18.1 Å². The second-order valence-corrected chi connectivity index (χ2v) is 7.69. The summed E-state index contributed by atoms with van der Waals surface area (Å²) in [4.78, 5) is 14.0. The molecule has 0 aromatic carbocycles. The van der Waals surface area contributed by atoms with E-state index in [9.17, 15) is 9.90 Å². The van der Waals surface area contributed by atoms with E-state index in [0.717, 1.165) is 31.6 Å². The van der Waals surface area contributed by atoms with Crippen LogP contribution in [-0.2, 0) is 4.79 Å². The Balaban J connectivity index is 2.28. The zero-order valence-corrected chi connectivity index (χ0v) is 15.8. The van der Waals surface area contributed by atoms with Crippen LogP contribution in [0, 0.1) is 0 Å². The molecule has 0 radical (unpaired) electrons. The molecule has 1 aliphatic rings. The number of hydrogen-bond acceptors (Lipinski definition) is 3. The van der Waals surface area contributed by atoms with Gasteiger partial charge in [0.25, 0.3) is 0 Å². The van der Waals surface area contributed by atoms with E-state index in [1.54, 1.807) is 0 Å². The highest BCUT2D eigenvalue weighted by molar-refractivity contribution is 7.99. The Kier molecular flexibility index (Phi) is 11.5. The largest absolute Gasteiger partial charge is 0.389 e. The van der Waals surface area contributed by atoms with Crippen molar-refractivity contribution in [3.05, 3.63) is 12.2 Å². The lowest BCUT2D eigenvalue weighted by Gasteiger charge is -2.22. The predicted octanol–water partition coefficient (Wildman–Crippen LogP) is 4.40. The van der Waals surface area contributed by atoms with E-state index in [2.05, 4.69) is 19.9 Å². The highest BCUT2D eigenvalue weighted by Crippen LogP contribution is 2.21. The van der Waals surface area contributed by atoms with Crippen LogP contribution in [0.4, 0.5) is 0 Å². The van der Waals surface area contributed by atoms with E-state index in [4.69, 9.17) is 0 Å². The third-order valence-electron chi connectivity index (χ3n) is 4.40. The zero-order valence-electron chi connectivity index (χ0n) is 15.0. The van der Waals surface area contributed by atoms with Gasteiger partial charge >= 0.3 is 0 Å². The Morgan fingerprint density at radius 2 is 1.96 bits per heavy atom. The molecule has 0 bridgehead atoms. The lowest BCUT2D eigenvalue weighted by atomic mass is 10.1. The summed E-state index contributed by atoms with van der Waals surface area (Å²) in [5, 5.41) is 9.99. The van der Waals surface area contributed by atoms with Crippen LogP contribution in [0.25, 0.3) is 0 Å². The van der Waals surface area contributed by atoms with Crippen LogP contribution in [-0.4, -0.2) is 46.1 Å². The maximum absolute atomic E-state index is 12.0. The topological polar surface area (TPSA) is 40.5 Å². The minimum Gasteiger partial charge on any atom is -0.389 e. The Labute approximate surface area is 146 Å². The second kappa shape index (κ2) is 12.9. The van der Waals surface area contributed by atoms with Crippen molar-refractivity contribution in [3.63, 3.8) is 0 Å². The molecule has 1 saturated heterocycles. The maximum atomic E-state index is 12.0. The molecule has 1 fully saturated rings. The Morgan fingerprint density at radius 1 is 1.22 bits per heavy atom. The number of aliphatic hydroxyl groups excluding tert-OH is 1. The number of unbranched alkanes of at least 4 members (excludes halogenated alkanes) is 4. The Bertz CT molecular complexity index is 346. The summed E-state index contributed by atoms with van der Waals surface area (Å²) >= 11 is 1.95. The molecule has 0 aromatic heterocycles. The van der Waals surface area contributed by atoms with Crippen molar-refractivity contribution in [3.8, 4) is 0 Å². The zero-order chi connectivity index (χ0) is 16.9. The van der Waals surface area contributed by atoms with Crippen molar-refractivity contribution < 1.29 is 9.90 Å². The number of thioether (sulfide) groups is 1. The number of carbonyl (C=O) groups is 1. The monoisotopic (exact) mass is 341 g/mol. The van der Waals surface area contributed by atoms with Crippen molar-refractivity contribution in [1.82, 2.24) is 4.90 Å². The normalized spacial score (nSPS) is 19.9. The SMILES string of the molecule is CCCCCSCCN1C(=O)CC[C@@H]1/C=C/[C@@H](O)CCCCC. The van der Waals surface area contributed by atoms with Gasteiger partial charge in [0.2, 0.25) is 5.91 Å². The van der Waals surface area contributed by atoms with Gasteiger partial charge < -0.3 is 10.0 Å². The summed E-state index contributed by atoms with van der Waals surface area (Å²) in [7, 11) is 0. The quantitative estimate of drug-likeness (QED) is 0.399. The smallest absolute Gasteiger partial charge is 0.223 e. The van der Waals surface area contributed by atoms with Crippen LogP contribution < -0.4 is 0 Å². The molecule has 134 valence electrons. The third kappa shape index (κ3) is 8.80. The van der Waals surface area contributed by atoms with Gasteiger partial charge in [-0.3, -0.25) is 4.79 Å². The van der Waals surface area contributed by atoms with Crippen molar-refractivity contribution in [2.75, 3.05) is 18.1 Å². The third-order valence-corrected chi connectivity index (χ3v) is 5.45. The van der Waals surface area contributed by atoms with Gasteiger partial charge in [0.05, 0.1) is 12.1 Å². The summed E-state index contributed by atoms with van der Waals surface area (Å²) in [6, 6.07) is 0.194. The van der Waals surface area contributed by atoms with Gasteiger partial charge in [-0.05, 0) is 25.0 Å². The number of hydrogen-bond donors (Lipinski definition) is 1. The molecule has 1 rings (SSSR count). The molecule has 0 aliphatic carbocycles. The number of carbonyl (C=O) groups excluding carboxylic acids is 1. The molecule has 1 amide bonds. The van der Waals surface area contributed by atoms with E-state index >= 15 is 0 Å². The van der Waals surface area contributed by atoms with E-state index in [1.807, 2.05) is 22.7 Å². The van der Waals surface area contributed by atoms with E-state index in [1.165, 1.54) is 37.9 Å². The van der Waals surface area contributed by atoms with Crippen LogP contribution in [0.1, 0.15) is 71.6 Å². The van der Waals surface area contributed by atoms with Gasteiger partial charge in [0, 0.05) is 18.7 Å². The highest BCUT2D eigenvalue weighted by atomic mass is 32.2. The van der Waals surface area contributed by atoms with Crippen molar-refractivity contribution in [2.24, 2.45) is 0 Å². The maximum Gasteiger partial charge on any atom is 0.223 e. The average Bonchev–Trinajstić information content (AvgIpc) is 2.89. The standard InChI is InChI=1S/C19H35NO2S/c1-3-5-7-9-18(21)12-10-17-11-13-19(22)20(17)14-16-23-15-8-6-4-2/h10,12,17-18,21H,3-9,11,13-16H2,1-2H3/b12-10+/t17-,18-/m0/s1. The van der Waals surface area contributed by atoms with E-state index < -0.39 is 0 Å². The molecule has 4 heteroatoms. The molecule has 1 N–H and O–H groups in total. The fourth-order valence-electron chi connectivity index (χ4n) is 2.92. The molecule has 0 unspecified atom stereocenters. The predicted molar refractivity (Wildman–Crippen MR) is 101 cm³/mol. The second-order valence-electron chi connectivity index (χ2n) is 6.46. The minimum absolute atomic E-state index is 0.194. The first-order valence-electron chi connectivity index (χ1n) is 9.42. The molecule has 2 atom stereocenters. The van der Waals surface area contributed by atoms with Crippen molar-refractivity contribution >= 4 is 17.7 Å². The molecule has 1 aliphatic heterocycles. The summed E-state index contributed by atoms with van der Waals surface area (Å²) < 4.78 is 0. The number of nitrogens with zero attached hydrogens (tertiary/aromatic N) is 1. The Hall–Kier alpha value is -0.480. The van der Waals surface area contributed by atoms with E-state index in [0.29, 0.717) is 6.42 Å². The highest BCUT2D eigenvalue weighted by Gasteiger charge is 2.28. The number of likely N-dealkylation sites (tertiary alicyclic amines) is 1. The van der Waals surface area contributed by atoms with Crippen molar-refractivity contribution in [2.45, 2.75) is 83.8 Å². The van der Waals surface area contributed by atoms with Crippen molar-refractivity contribution in [1.29, 1.82) is 0 Å². The van der Waals surface area contributed by atoms with Crippen LogP contribution in [0.3, 0.4) is 0 Å². The minimum atomic E-state index is -0.359. The summed E-state index contributed by atoms with van der Waals surface area (Å²) in [5.74, 6) is 2.50. The first-order chi connectivity index (χ1) is 11.2. The molecule has 0 aromatic rings. The average molecular weight is 342 g/mol. The van der Waals surface area contributed by atoms with Gasteiger partial charge in [0.15, 0.2) is 0 Å². The first-order valence-corrected chi connectivity index (χ1v) is 10.6. The number of rotatable bonds is 13. The first kappa shape index (κ1) is 20.6. The molecule has 1 heterocycles.